The molecule has 0 atom stereocenters. The van der Waals surface area contributed by atoms with Crippen molar-refractivity contribution in [2.24, 2.45) is 0 Å². The molecule has 0 aromatic carbocycles. The highest BCUT2D eigenvalue weighted by atomic mass is 16.3. The molecular formula is C8H7N3O2. The number of carbonyl (C=O) groups is 1. The summed E-state index contributed by atoms with van der Waals surface area (Å²) in [6.45, 7) is 0. The third kappa shape index (κ3) is 1.10. The molecule has 0 aliphatic rings. The minimum atomic E-state index is 0.182. The highest BCUT2D eigenvalue weighted by Gasteiger charge is 2.13. The Bertz CT molecular complexity index is 417. The van der Waals surface area contributed by atoms with E-state index >= 15 is 0 Å². The maximum Gasteiger partial charge on any atom is 0.156 e. The van der Waals surface area contributed by atoms with Crippen molar-refractivity contribution in [1.82, 2.24) is 10.2 Å². The fraction of sp³-hybridized carbons (Fsp3) is 0. The molecule has 0 fully saturated rings. The van der Waals surface area contributed by atoms with Crippen molar-refractivity contribution in [2.75, 3.05) is 5.73 Å². The summed E-state index contributed by atoms with van der Waals surface area (Å²) in [6, 6.07) is 3.45. The van der Waals surface area contributed by atoms with Crippen LogP contribution in [0.5, 0.6) is 0 Å². The summed E-state index contributed by atoms with van der Waals surface area (Å²) in [6.07, 6.45) is 2.16. The van der Waals surface area contributed by atoms with E-state index in [9.17, 15) is 4.79 Å². The predicted molar refractivity (Wildman–Crippen MR) is 46.1 cm³/mol. The first-order chi connectivity index (χ1) is 6.33. The number of nitrogens with two attached hydrogens (primary N) is 1. The van der Waals surface area contributed by atoms with Gasteiger partial charge >= 0.3 is 0 Å². The lowest BCUT2D eigenvalue weighted by molar-refractivity contribution is 0.112. The third-order valence-corrected chi connectivity index (χ3v) is 1.72. The summed E-state index contributed by atoms with van der Waals surface area (Å²) < 4.78 is 5.09. The highest BCUT2D eigenvalue weighted by Crippen LogP contribution is 2.23. The first kappa shape index (κ1) is 7.60. The van der Waals surface area contributed by atoms with Gasteiger partial charge in [0.05, 0.1) is 11.8 Å². The van der Waals surface area contributed by atoms with Crippen molar-refractivity contribution in [1.29, 1.82) is 0 Å². The van der Waals surface area contributed by atoms with Crippen LogP contribution in [0.15, 0.2) is 22.8 Å². The molecule has 0 spiro atoms. The number of anilines is 1. The molecule has 0 saturated heterocycles. The number of aromatic nitrogens is 2. The number of nitrogen functional groups attached to an aromatic ring is 1. The Morgan fingerprint density at radius 2 is 2.46 bits per heavy atom. The van der Waals surface area contributed by atoms with Gasteiger partial charge in [-0.3, -0.25) is 9.89 Å². The molecule has 2 rings (SSSR count). The second-order valence-electron chi connectivity index (χ2n) is 2.49. The Hall–Kier alpha value is -2.04. The Morgan fingerprint density at radius 1 is 1.62 bits per heavy atom. The summed E-state index contributed by atoms with van der Waals surface area (Å²) in [4.78, 5) is 10.6. The van der Waals surface area contributed by atoms with Crippen LogP contribution in [0.25, 0.3) is 11.5 Å². The van der Waals surface area contributed by atoms with E-state index in [-0.39, 0.29) is 5.82 Å². The molecule has 66 valence electrons. The quantitative estimate of drug-likeness (QED) is 0.671. The topological polar surface area (TPSA) is 84.9 Å². The number of hydrogen-bond donors (Lipinski definition) is 2. The fourth-order valence-corrected chi connectivity index (χ4v) is 1.09. The number of nitrogens with zero attached hydrogens (tertiary/aromatic N) is 1. The van der Waals surface area contributed by atoms with E-state index < -0.39 is 0 Å². The van der Waals surface area contributed by atoms with Crippen molar-refractivity contribution in [3.8, 4) is 11.5 Å². The molecule has 0 saturated carbocycles. The third-order valence-electron chi connectivity index (χ3n) is 1.72. The normalized spacial score (nSPS) is 10.2. The molecule has 3 N–H and O–H groups in total. The van der Waals surface area contributed by atoms with Crippen molar-refractivity contribution >= 4 is 12.1 Å². The van der Waals surface area contributed by atoms with Gasteiger partial charge in [-0.15, -0.1) is 0 Å². The van der Waals surface area contributed by atoms with Crippen molar-refractivity contribution in [3.05, 3.63) is 24.0 Å². The van der Waals surface area contributed by atoms with Gasteiger partial charge in [0.15, 0.2) is 17.9 Å². The van der Waals surface area contributed by atoms with E-state index in [4.69, 9.17) is 10.2 Å². The van der Waals surface area contributed by atoms with Crippen LogP contribution in [0.4, 0.5) is 5.82 Å². The molecular weight excluding hydrogens is 170 g/mol. The number of aromatic amines is 1. The number of aldehydes is 1. The first-order valence-corrected chi connectivity index (χ1v) is 3.66. The molecule has 2 aromatic rings. The van der Waals surface area contributed by atoms with E-state index in [2.05, 4.69) is 10.2 Å². The number of rotatable bonds is 2. The monoisotopic (exact) mass is 177 g/mol. The van der Waals surface area contributed by atoms with Crippen molar-refractivity contribution < 1.29 is 9.21 Å². The maximum absolute atomic E-state index is 10.6. The van der Waals surface area contributed by atoms with E-state index in [1.54, 1.807) is 12.1 Å². The van der Waals surface area contributed by atoms with Crippen LogP contribution in [-0.2, 0) is 0 Å². The fourth-order valence-electron chi connectivity index (χ4n) is 1.09. The molecule has 0 bridgehead atoms. The molecule has 5 heteroatoms. The van der Waals surface area contributed by atoms with Crippen LogP contribution in [0.2, 0.25) is 0 Å². The molecule has 0 radical (unpaired) electrons. The van der Waals surface area contributed by atoms with Gasteiger partial charge in [0, 0.05) is 0 Å². The molecule has 2 heterocycles. The van der Waals surface area contributed by atoms with Gasteiger partial charge in [0.25, 0.3) is 0 Å². The standard InChI is InChI=1S/C8H7N3O2/c9-8-5(4-12)7(10-11-8)6-2-1-3-13-6/h1-4H,(H3,9,10,11). The van der Waals surface area contributed by atoms with Gasteiger partial charge in [-0.2, -0.15) is 5.10 Å². The average Bonchev–Trinajstić information content (AvgIpc) is 2.71. The highest BCUT2D eigenvalue weighted by molar-refractivity contribution is 5.90. The summed E-state index contributed by atoms with van der Waals surface area (Å²) in [7, 11) is 0. The molecule has 0 amide bonds. The van der Waals surface area contributed by atoms with E-state index in [1.165, 1.54) is 6.26 Å². The second-order valence-corrected chi connectivity index (χ2v) is 2.49. The summed E-state index contributed by atoms with van der Waals surface area (Å²) in [5.74, 6) is 0.729. The van der Waals surface area contributed by atoms with Crippen LogP contribution >= 0.6 is 0 Å². The smallest absolute Gasteiger partial charge is 0.156 e. The van der Waals surface area contributed by atoms with Crippen LogP contribution in [0, 0.1) is 0 Å². The van der Waals surface area contributed by atoms with E-state index in [0.717, 1.165) is 0 Å². The number of carbonyl (C=O) groups excluding carboxylic acids is 1. The minimum absolute atomic E-state index is 0.182. The van der Waals surface area contributed by atoms with Crippen LogP contribution in [0.1, 0.15) is 10.4 Å². The van der Waals surface area contributed by atoms with Gasteiger partial charge in [-0.1, -0.05) is 0 Å². The SMILES string of the molecule is Nc1n[nH]c(-c2ccco2)c1C=O. The van der Waals surface area contributed by atoms with Gasteiger partial charge in [0.1, 0.15) is 5.69 Å². The lowest BCUT2D eigenvalue weighted by Crippen LogP contribution is -1.90. The number of nitrogens with one attached hydrogen (secondary N) is 1. The molecule has 13 heavy (non-hydrogen) atoms. The molecule has 5 nitrogen and oxygen atoms in total. The van der Waals surface area contributed by atoms with Gasteiger partial charge in [-0.25, -0.2) is 0 Å². The molecule has 0 aliphatic heterocycles. The Balaban J connectivity index is 2.58. The van der Waals surface area contributed by atoms with Crippen molar-refractivity contribution in [3.63, 3.8) is 0 Å². The zero-order valence-electron chi connectivity index (χ0n) is 6.65. The number of H-pyrrole nitrogens is 1. The first-order valence-electron chi connectivity index (χ1n) is 3.66. The molecule has 2 aromatic heterocycles. The van der Waals surface area contributed by atoms with E-state index in [0.29, 0.717) is 23.3 Å². The van der Waals surface area contributed by atoms with Gasteiger partial charge < -0.3 is 10.2 Å². The minimum Gasteiger partial charge on any atom is -0.463 e. The Morgan fingerprint density at radius 3 is 3.08 bits per heavy atom. The lowest BCUT2D eigenvalue weighted by Gasteiger charge is -1.91. The van der Waals surface area contributed by atoms with E-state index in [1.807, 2.05) is 0 Å². The summed E-state index contributed by atoms with van der Waals surface area (Å²) in [5.41, 5.74) is 6.28. The average molecular weight is 177 g/mol. The van der Waals surface area contributed by atoms with Crippen molar-refractivity contribution in [2.45, 2.75) is 0 Å². The molecule has 0 unspecified atom stereocenters. The Kier molecular flexibility index (Phi) is 1.63. The largest absolute Gasteiger partial charge is 0.463 e. The van der Waals surface area contributed by atoms with Gasteiger partial charge in [0.2, 0.25) is 0 Å². The summed E-state index contributed by atoms with van der Waals surface area (Å²) in [5, 5.41) is 6.33. The number of hydrogen-bond acceptors (Lipinski definition) is 4. The maximum atomic E-state index is 10.6. The Labute approximate surface area is 73.5 Å². The van der Waals surface area contributed by atoms with Gasteiger partial charge in [-0.05, 0) is 12.1 Å². The summed E-state index contributed by atoms with van der Waals surface area (Å²) >= 11 is 0. The number of furan rings is 1. The second kappa shape index (κ2) is 2.78. The predicted octanol–water partition coefficient (Wildman–Crippen LogP) is 1.06. The zero-order chi connectivity index (χ0) is 9.26. The van der Waals surface area contributed by atoms with Crippen LogP contribution in [0.3, 0.4) is 0 Å². The van der Waals surface area contributed by atoms with Crippen LogP contribution in [-0.4, -0.2) is 16.5 Å². The zero-order valence-corrected chi connectivity index (χ0v) is 6.65. The lowest BCUT2D eigenvalue weighted by atomic mass is 10.2. The molecule has 0 aliphatic carbocycles. The van der Waals surface area contributed by atoms with Crippen LogP contribution < -0.4 is 5.73 Å².